The van der Waals surface area contributed by atoms with Crippen molar-refractivity contribution in [3.63, 3.8) is 0 Å². The lowest BCUT2D eigenvalue weighted by atomic mass is 9.95. The van der Waals surface area contributed by atoms with Gasteiger partial charge in [0.05, 0.1) is 12.3 Å². The quantitative estimate of drug-likeness (QED) is 0.792. The number of rotatable bonds is 6. The standard InChI is InChI=1S/C19H27N3O2S/c1-12(11-24-6)20-18-22-16(13(2)25-18)14-7-9-15(10-8-14)21-17(23)19(3,4)5/h7-10,12H,11H2,1-6H3,(H,20,22)(H,21,23)/t12-/m1/s1. The monoisotopic (exact) mass is 361 g/mol. The molecule has 1 heterocycles. The van der Waals surface area contributed by atoms with Gasteiger partial charge in [-0.25, -0.2) is 4.98 Å². The summed E-state index contributed by atoms with van der Waals surface area (Å²) < 4.78 is 5.15. The molecular weight excluding hydrogens is 334 g/mol. The van der Waals surface area contributed by atoms with Crippen LogP contribution in [0.3, 0.4) is 0 Å². The summed E-state index contributed by atoms with van der Waals surface area (Å²) in [6.45, 7) is 10.5. The number of carbonyl (C=O) groups excluding carboxylic acids is 1. The highest BCUT2D eigenvalue weighted by Gasteiger charge is 2.21. The molecule has 0 unspecified atom stereocenters. The molecule has 1 atom stereocenters. The zero-order chi connectivity index (χ0) is 18.6. The molecule has 0 fully saturated rings. The molecule has 0 bridgehead atoms. The smallest absolute Gasteiger partial charge is 0.229 e. The molecule has 5 nitrogen and oxygen atoms in total. The Hall–Kier alpha value is -1.92. The van der Waals surface area contributed by atoms with Crippen molar-refractivity contribution in [3.05, 3.63) is 29.1 Å². The van der Waals surface area contributed by atoms with E-state index in [1.807, 2.05) is 45.0 Å². The predicted octanol–water partition coefficient (Wildman–Crippen LogP) is 4.55. The first-order chi connectivity index (χ1) is 11.7. The van der Waals surface area contributed by atoms with E-state index < -0.39 is 5.41 Å². The lowest BCUT2D eigenvalue weighted by Crippen LogP contribution is -2.27. The summed E-state index contributed by atoms with van der Waals surface area (Å²) >= 11 is 1.63. The number of hydrogen-bond acceptors (Lipinski definition) is 5. The Morgan fingerprint density at radius 3 is 2.48 bits per heavy atom. The summed E-state index contributed by atoms with van der Waals surface area (Å²) in [5, 5.41) is 7.18. The van der Waals surface area contributed by atoms with Crippen molar-refractivity contribution in [1.82, 2.24) is 4.98 Å². The summed E-state index contributed by atoms with van der Waals surface area (Å²) in [4.78, 5) is 17.9. The van der Waals surface area contributed by atoms with Crippen molar-refractivity contribution < 1.29 is 9.53 Å². The maximum atomic E-state index is 12.1. The molecule has 0 spiro atoms. The van der Waals surface area contributed by atoms with Gasteiger partial charge in [-0.1, -0.05) is 32.9 Å². The van der Waals surface area contributed by atoms with E-state index >= 15 is 0 Å². The van der Waals surface area contributed by atoms with Crippen LogP contribution < -0.4 is 10.6 Å². The molecule has 6 heteroatoms. The summed E-state index contributed by atoms with van der Waals surface area (Å²) in [6, 6.07) is 8.01. The number of thiazole rings is 1. The largest absolute Gasteiger partial charge is 0.383 e. The minimum Gasteiger partial charge on any atom is -0.383 e. The second kappa shape index (κ2) is 7.97. The average molecular weight is 362 g/mol. The number of amides is 1. The first-order valence-corrected chi connectivity index (χ1v) is 9.17. The van der Waals surface area contributed by atoms with E-state index in [2.05, 4.69) is 24.5 Å². The maximum Gasteiger partial charge on any atom is 0.229 e. The molecular formula is C19H27N3O2S. The van der Waals surface area contributed by atoms with E-state index in [-0.39, 0.29) is 11.9 Å². The highest BCUT2D eigenvalue weighted by molar-refractivity contribution is 7.16. The number of nitrogens with zero attached hydrogens (tertiary/aromatic N) is 1. The number of benzene rings is 1. The van der Waals surface area contributed by atoms with Gasteiger partial charge in [0, 0.05) is 34.7 Å². The van der Waals surface area contributed by atoms with Crippen molar-refractivity contribution in [2.45, 2.75) is 40.7 Å². The van der Waals surface area contributed by atoms with Crippen LogP contribution in [0.1, 0.15) is 32.6 Å². The number of aromatic nitrogens is 1. The molecule has 0 aliphatic carbocycles. The van der Waals surface area contributed by atoms with Crippen LogP contribution in [0.5, 0.6) is 0 Å². The Labute approximate surface area is 153 Å². The van der Waals surface area contributed by atoms with Gasteiger partial charge in [0.25, 0.3) is 0 Å². The first-order valence-electron chi connectivity index (χ1n) is 8.35. The number of aryl methyl sites for hydroxylation is 1. The number of methoxy groups -OCH3 is 1. The van der Waals surface area contributed by atoms with Gasteiger partial charge in [-0.15, -0.1) is 11.3 Å². The average Bonchev–Trinajstić information content (AvgIpc) is 2.87. The molecule has 1 aromatic carbocycles. The molecule has 0 aliphatic heterocycles. The van der Waals surface area contributed by atoms with Gasteiger partial charge in [0.1, 0.15) is 0 Å². The fourth-order valence-electron chi connectivity index (χ4n) is 2.26. The summed E-state index contributed by atoms with van der Waals surface area (Å²) in [5.41, 5.74) is 2.38. The maximum absolute atomic E-state index is 12.1. The SMILES string of the molecule is COC[C@@H](C)Nc1nc(-c2ccc(NC(=O)C(C)(C)C)cc2)c(C)s1. The summed E-state index contributed by atoms with van der Waals surface area (Å²) in [6.07, 6.45) is 0. The second-order valence-electron chi connectivity index (χ2n) is 7.21. The van der Waals surface area contributed by atoms with E-state index in [1.54, 1.807) is 18.4 Å². The normalized spacial score (nSPS) is 12.7. The van der Waals surface area contributed by atoms with E-state index in [1.165, 1.54) is 0 Å². The van der Waals surface area contributed by atoms with Gasteiger partial charge >= 0.3 is 0 Å². The van der Waals surface area contributed by atoms with Crippen molar-refractivity contribution >= 4 is 28.1 Å². The summed E-state index contributed by atoms with van der Waals surface area (Å²) in [5.74, 6) is 0.00343. The van der Waals surface area contributed by atoms with Gasteiger partial charge in [-0.05, 0) is 26.0 Å². The molecule has 1 amide bonds. The zero-order valence-electron chi connectivity index (χ0n) is 15.8. The molecule has 0 aliphatic rings. The van der Waals surface area contributed by atoms with Gasteiger partial charge in [0.15, 0.2) is 5.13 Å². The van der Waals surface area contributed by atoms with Crippen LogP contribution in [0.15, 0.2) is 24.3 Å². The van der Waals surface area contributed by atoms with Crippen LogP contribution in [0.25, 0.3) is 11.3 Å². The zero-order valence-corrected chi connectivity index (χ0v) is 16.6. The third-order valence-electron chi connectivity index (χ3n) is 3.68. The second-order valence-corrected chi connectivity index (χ2v) is 8.41. The Balaban J connectivity index is 2.12. The molecule has 0 radical (unpaired) electrons. The minimum atomic E-state index is -0.413. The number of carbonyl (C=O) groups is 1. The van der Waals surface area contributed by atoms with Gasteiger partial charge in [-0.2, -0.15) is 0 Å². The fraction of sp³-hybridized carbons (Fsp3) is 0.474. The van der Waals surface area contributed by atoms with Crippen molar-refractivity contribution in [2.75, 3.05) is 24.4 Å². The third kappa shape index (κ3) is 5.28. The molecule has 25 heavy (non-hydrogen) atoms. The molecule has 0 saturated heterocycles. The topological polar surface area (TPSA) is 63.2 Å². The van der Waals surface area contributed by atoms with Gasteiger partial charge < -0.3 is 15.4 Å². The number of ether oxygens (including phenoxy) is 1. The molecule has 0 saturated carbocycles. The number of nitrogens with one attached hydrogen (secondary N) is 2. The number of hydrogen-bond donors (Lipinski definition) is 2. The predicted molar refractivity (Wildman–Crippen MR) is 105 cm³/mol. The molecule has 2 N–H and O–H groups in total. The van der Waals surface area contributed by atoms with E-state index in [0.29, 0.717) is 6.61 Å². The van der Waals surface area contributed by atoms with Gasteiger partial charge in [0.2, 0.25) is 5.91 Å². The van der Waals surface area contributed by atoms with Crippen molar-refractivity contribution in [3.8, 4) is 11.3 Å². The van der Waals surface area contributed by atoms with E-state index in [4.69, 9.17) is 9.72 Å². The Bertz CT molecular complexity index is 717. The van der Waals surface area contributed by atoms with Gasteiger partial charge in [-0.3, -0.25) is 4.79 Å². The van der Waals surface area contributed by atoms with E-state index in [0.717, 1.165) is 27.0 Å². The van der Waals surface area contributed by atoms with Crippen molar-refractivity contribution in [2.24, 2.45) is 5.41 Å². The van der Waals surface area contributed by atoms with Crippen LogP contribution in [0.2, 0.25) is 0 Å². The fourth-order valence-corrected chi connectivity index (χ4v) is 3.21. The first kappa shape index (κ1) is 19.4. The number of anilines is 2. The highest BCUT2D eigenvalue weighted by Crippen LogP contribution is 2.31. The highest BCUT2D eigenvalue weighted by atomic mass is 32.1. The van der Waals surface area contributed by atoms with E-state index in [9.17, 15) is 4.79 Å². The van der Waals surface area contributed by atoms with Crippen LogP contribution in [0, 0.1) is 12.3 Å². The molecule has 1 aromatic heterocycles. The Morgan fingerprint density at radius 1 is 1.28 bits per heavy atom. The molecule has 136 valence electrons. The minimum absolute atomic E-state index is 0.00343. The van der Waals surface area contributed by atoms with Crippen LogP contribution >= 0.6 is 11.3 Å². The molecule has 2 aromatic rings. The van der Waals surface area contributed by atoms with Crippen LogP contribution in [0.4, 0.5) is 10.8 Å². The van der Waals surface area contributed by atoms with Crippen LogP contribution in [-0.2, 0) is 9.53 Å². The van der Waals surface area contributed by atoms with Crippen molar-refractivity contribution in [1.29, 1.82) is 0 Å². The summed E-state index contributed by atoms with van der Waals surface area (Å²) in [7, 11) is 1.69. The van der Waals surface area contributed by atoms with Crippen LogP contribution in [-0.4, -0.2) is 30.6 Å². The lowest BCUT2D eigenvalue weighted by Gasteiger charge is -2.17. The third-order valence-corrected chi connectivity index (χ3v) is 4.58. The Kier molecular flexibility index (Phi) is 6.19. The molecule has 2 rings (SSSR count). The lowest BCUT2D eigenvalue weighted by molar-refractivity contribution is -0.123. The Morgan fingerprint density at radius 2 is 1.92 bits per heavy atom.